The second kappa shape index (κ2) is 9.34. The SMILES string of the molecule is CC(C)OC(=O)[C@H](C)NP(=S)(Oc1ccccc1)n1cc[n+](C)c1.[Cl-]. The molecule has 138 valence electrons. The first-order valence-corrected chi connectivity index (χ1v) is 10.3. The smallest absolute Gasteiger partial charge is 0.367 e. The van der Waals surface area contributed by atoms with Crippen LogP contribution in [-0.4, -0.2) is 22.5 Å². The van der Waals surface area contributed by atoms with Gasteiger partial charge in [-0.15, -0.1) is 0 Å². The molecule has 25 heavy (non-hydrogen) atoms. The molecule has 2 rings (SSSR count). The molecule has 6 nitrogen and oxygen atoms in total. The van der Waals surface area contributed by atoms with Crippen molar-refractivity contribution in [2.45, 2.75) is 32.9 Å². The molecule has 0 aliphatic rings. The zero-order chi connectivity index (χ0) is 17.7. The number of carbonyl (C=O) groups excluding carboxylic acids is 1. The summed E-state index contributed by atoms with van der Waals surface area (Å²) in [5, 5.41) is 3.16. The molecule has 1 unspecified atom stereocenters. The Kier molecular flexibility index (Phi) is 8.09. The molecular formula is C16H23ClN3O3PS. The lowest BCUT2D eigenvalue weighted by Crippen LogP contribution is -3.00. The maximum atomic E-state index is 12.1. The van der Waals surface area contributed by atoms with Gasteiger partial charge < -0.3 is 21.7 Å². The van der Waals surface area contributed by atoms with Gasteiger partial charge in [-0.25, -0.2) is 9.65 Å². The highest BCUT2D eigenvalue weighted by molar-refractivity contribution is 8.10. The second-order valence-corrected chi connectivity index (χ2v) is 9.15. The number of aryl methyl sites for hydroxylation is 1. The lowest BCUT2D eigenvalue weighted by Gasteiger charge is -2.23. The van der Waals surface area contributed by atoms with Crippen molar-refractivity contribution in [2.24, 2.45) is 7.05 Å². The minimum absolute atomic E-state index is 0. The van der Waals surface area contributed by atoms with Crippen LogP contribution in [0.4, 0.5) is 0 Å². The van der Waals surface area contributed by atoms with Crippen molar-refractivity contribution in [3.8, 4) is 5.75 Å². The first-order chi connectivity index (χ1) is 11.3. The standard InChI is InChI=1S/C16H23N3O3PS.ClH/c1-13(2)21-16(20)14(3)17-23(24,19-11-10-18(4)12-19)22-15-8-6-5-7-9-15;/h5-14H,1-4H3,(H,17,24);1H/q+1;/p-1/t14-,23?;/m0./s1. The second-order valence-electron chi connectivity index (χ2n) is 5.72. The molecule has 1 heterocycles. The minimum Gasteiger partial charge on any atom is -1.00 e. The predicted molar refractivity (Wildman–Crippen MR) is 96.2 cm³/mol. The van der Waals surface area contributed by atoms with E-state index in [0.29, 0.717) is 5.75 Å². The highest BCUT2D eigenvalue weighted by atomic mass is 35.5. The highest BCUT2D eigenvalue weighted by Crippen LogP contribution is 2.45. The highest BCUT2D eigenvalue weighted by Gasteiger charge is 2.33. The van der Waals surface area contributed by atoms with Gasteiger partial charge in [0.05, 0.1) is 13.2 Å². The predicted octanol–water partition coefficient (Wildman–Crippen LogP) is -0.602. The Labute approximate surface area is 159 Å². The van der Waals surface area contributed by atoms with Crippen LogP contribution in [0, 0.1) is 0 Å². The van der Waals surface area contributed by atoms with E-state index in [-0.39, 0.29) is 24.5 Å². The van der Waals surface area contributed by atoms with Gasteiger partial charge in [0.2, 0.25) is 6.33 Å². The molecule has 0 spiro atoms. The molecule has 9 heteroatoms. The number of rotatable bonds is 7. The number of imidazole rings is 1. The number of aromatic nitrogens is 2. The van der Waals surface area contributed by atoms with Gasteiger partial charge in [0.15, 0.2) is 0 Å². The summed E-state index contributed by atoms with van der Waals surface area (Å²) in [6.07, 6.45) is 5.35. The van der Waals surface area contributed by atoms with Crippen LogP contribution in [0.1, 0.15) is 20.8 Å². The number of nitrogens with zero attached hydrogens (tertiary/aromatic N) is 2. The Bertz CT molecular complexity index is 739. The van der Waals surface area contributed by atoms with Crippen molar-refractivity contribution >= 4 is 24.3 Å². The third-order valence-corrected chi connectivity index (χ3v) is 6.22. The first-order valence-electron chi connectivity index (χ1n) is 7.67. The lowest BCUT2D eigenvalue weighted by molar-refractivity contribution is -0.670. The van der Waals surface area contributed by atoms with Gasteiger partial charge in [0.1, 0.15) is 24.2 Å². The monoisotopic (exact) mass is 403 g/mol. The van der Waals surface area contributed by atoms with E-state index in [1.807, 2.05) is 74.5 Å². The zero-order valence-corrected chi connectivity index (χ0v) is 17.1. The van der Waals surface area contributed by atoms with Gasteiger partial charge in [0.25, 0.3) is 0 Å². The molecule has 0 fully saturated rings. The summed E-state index contributed by atoms with van der Waals surface area (Å²) in [5.41, 5.74) is 0. The van der Waals surface area contributed by atoms with Crippen LogP contribution in [0.3, 0.4) is 0 Å². The van der Waals surface area contributed by atoms with Gasteiger partial charge in [-0.2, -0.15) is 4.34 Å². The summed E-state index contributed by atoms with van der Waals surface area (Å²) in [4.78, 5) is 12.1. The number of hydrogen-bond acceptors (Lipinski definition) is 4. The third-order valence-electron chi connectivity index (χ3n) is 3.09. The fourth-order valence-electron chi connectivity index (χ4n) is 1.99. The molecule has 1 aromatic carbocycles. The average molecular weight is 404 g/mol. The van der Waals surface area contributed by atoms with Gasteiger partial charge in [-0.1, -0.05) is 18.2 Å². The summed E-state index contributed by atoms with van der Waals surface area (Å²) >= 11 is 5.79. The average Bonchev–Trinajstić information content (AvgIpc) is 2.95. The number of nitrogens with one attached hydrogen (secondary N) is 1. The van der Waals surface area contributed by atoms with E-state index in [0.717, 1.165) is 0 Å². The molecule has 2 atom stereocenters. The van der Waals surface area contributed by atoms with Crippen LogP contribution in [0.25, 0.3) is 0 Å². The van der Waals surface area contributed by atoms with Crippen LogP contribution in [-0.2, 0) is 28.4 Å². The summed E-state index contributed by atoms with van der Waals surface area (Å²) in [6, 6.07) is 8.74. The van der Waals surface area contributed by atoms with Crippen LogP contribution < -0.4 is 26.6 Å². The molecule has 0 radical (unpaired) electrons. The van der Waals surface area contributed by atoms with Crippen molar-refractivity contribution < 1.29 is 31.0 Å². The van der Waals surface area contributed by atoms with Gasteiger partial charge >= 0.3 is 12.5 Å². The molecule has 0 bridgehead atoms. The minimum atomic E-state index is -2.75. The van der Waals surface area contributed by atoms with E-state index in [1.54, 1.807) is 11.3 Å². The summed E-state index contributed by atoms with van der Waals surface area (Å²) in [5.74, 6) is 0.293. The van der Waals surface area contributed by atoms with Crippen molar-refractivity contribution in [1.82, 2.24) is 9.42 Å². The van der Waals surface area contributed by atoms with E-state index < -0.39 is 12.6 Å². The maximum absolute atomic E-state index is 12.1. The van der Waals surface area contributed by atoms with E-state index in [1.165, 1.54) is 0 Å². The molecule has 0 aliphatic heterocycles. The largest absolute Gasteiger partial charge is 1.00 e. The van der Waals surface area contributed by atoms with Crippen LogP contribution in [0.15, 0.2) is 49.1 Å². The fraction of sp³-hybridized carbons (Fsp3) is 0.375. The molecule has 0 saturated heterocycles. The zero-order valence-electron chi connectivity index (χ0n) is 14.6. The van der Waals surface area contributed by atoms with Gasteiger partial charge in [-0.05, 0) is 32.9 Å². The fourth-order valence-corrected chi connectivity index (χ4v) is 4.83. The van der Waals surface area contributed by atoms with Gasteiger partial charge in [-0.3, -0.25) is 4.79 Å². The van der Waals surface area contributed by atoms with Crippen LogP contribution in [0.5, 0.6) is 5.75 Å². The topological polar surface area (TPSA) is 56.4 Å². The number of halogens is 1. The maximum Gasteiger partial charge on any atom is 0.367 e. The quantitative estimate of drug-likeness (QED) is 0.380. The Morgan fingerprint density at radius 2 is 1.92 bits per heavy atom. The Morgan fingerprint density at radius 1 is 1.28 bits per heavy atom. The molecular weight excluding hydrogens is 381 g/mol. The lowest BCUT2D eigenvalue weighted by atomic mass is 10.3. The number of benzene rings is 1. The van der Waals surface area contributed by atoms with E-state index in [4.69, 9.17) is 21.1 Å². The van der Waals surface area contributed by atoms with E-state index >= 15 is 0 Å². The van der Waals surface area contributed by atoms with Crippen LogP contribution >= 0.6 is 6.57 Å². The van der Waals surface area contributed by atoms with E-state index in [2.05, 4.69) is 5.09 Å². The first kappa shape index (κ1) is 21.6. The van der Waals surface area contributed by atoms with Crippen LogP contribution in [0.2, 0.25) is 0 Å². The summed E-state index contributed by atoms with van der Waals surface area (Å²) in [6.45, 7) is 2.60. The Hall–Kier alpha value is -1.40. The normalized spacial score (nSPS) is 14.3. The summed E-state index contributed by atoms with van der Waals surface area (Å²) < 4.78 is 15.0. The number of hydrogen-bond donors (Lipinski definition) is 1. The van der Waals surface area contributed by atoms with Gasteiger partial charge in [0, 0.05) is 11.8 Å². The molecule has 2 aromatic rings. The molecule has 0 amide bonds. The Balaban J connectivity index is 0.00000312. The number of esters is 1. The van der Waals surface area contributed by atoms with Crippen molar-refractivity contribution in [3.05, 3.63) is 49.1 Å². The van der Waals surface area contributed by atoms with Crippen molar-refractivity contribution in [3.63, 3.8) is 0 Å². The van der Waals surface area contributed by atoms with E-state index in [9.17, 15) is 4.79 Å². The number of carbonyl (C=O) groups is 1. The van der Waals surface area contributed by atoms with Crippen molar-refractivity contribution in [2.75, 3.05) is 0 Å². The molecule has 0 aliphatic carbocycles. The molecule has 1 N–H and O–H groups in total. The summed E-state index contributed by atoms with van der Waals surface area (Å²) in [7, 11) is 1.90. The number of ether oxygens (including phenoxy) is 1. The molecule has 1 aromatic heterocycles. The number of para-hydroxylation sites is 1. The van der Waals surface area contributed by atoms with Crippen molar-refractivity contribution in [1.29, 1.82) is 0 Å². The third kappa shape index (κ3) is 6.12. The Morgan fingerprint density at radius 3 is 2.44 bits per heavy atom. The molecule has 0 saturated carbocycles.